The number of nitrogens with two attached hydrogens (primary N) is 1. The van der Waals surface area contributed by atoms with E-state index in [4.69, 9.17) is 31.9 Å². The topological polar surface area (TPSA) is 177 Å². The third-order valence-corrected chi connectivity index (χ3v) is 6.08. The molecule has 0 saturated heterocycles. The second-order valence-corrected chi connectivity index (χ2v) is 11.5. The monoisotopic (exact) mass is 623 g/mol. The molecule has 0 spiro atoms. The normalized spacial score (nSPS) is 16.2. The molecule has 0 heterocycles. The predicted octanol–water partition coefficient (Wildman–Crippen LogP) is 4.59. The summed E-state index contributed by atoms with van der Waals surface area (Å²) in [6.45, 7) is 10.8. The first kappa shape index (κ1) is 39.2. The second kappa shape index (κ2) is 20.1. The average Bonchev–Trinajstić information content (AvgIpc) is 2.89. The van der Waals surface area contributed by atoms with Crippen molar-refractivity contribution < 1.29 is 38.9 Å². The maximum absolute atomic E-state index is 12.9. The quantitative estimate of drug-likeness (QED) is 0.0887. The number of carboxylic acid groups (broad SMARTS) is 1. The van der Waals surface area contributed by atoms with Crippen LogP contribution in [0.1, 0.15) is 60.8 Å². The molecule has 0 aliphatic carbocycles. The highest BCUT2D eigenvalue weighted by Gasteiger charge is 2.31. The van der Waals surface area contributed by atoms with Crippen molar-refractivity contribution in [2.24, 2.45) is 17.1 Å². The van der Waals surface area contributed by atoms with Gasteiger partial charge in [0, 0.05) is 29.9 Å². The lowest BCUT2D eigenvalue weighted by molar-refractivity contribution is -0.136. The standard InChI is InChI=1S/C31H46ClN3O8/c1-20(19-21(2)24(36)16-17-25(42-7)29(39)40)11-8-9-13-26(37)35-27(31(4,5)6)28(38)34-18-10-12-23(43-30(33)41)15-14-22(3)32/h8-11,13-14,17-19,21,23-24,27,36H,12,15-16H2,1-7H3,(H2,33,41)(H,34,38)(H,35,37)(H,39,40)/b11-8-,13-9-,18-10-,20-19+,22-14+,25-17+. The van der Waals surface area contributed by atoms with Crippen molar-refractivity contribution >= 4 is 35.5 Å². The average molecular weight is 624 g/mol. The number of aliphatic carboxylic acids is 1. The van der Waals surface area contributed by atoms with Crippen molar-refractivity contribution in [3.8, 4) is 0 Å². The van der Waals surface area contributed by atoms with Gasteiger partial charge in [0.25, 0.3) is 0 Å². The fraction of sp³-hybridized carbons (Fsp3) is 0.484. The van der Waals surface area contributed by atoms with E-state index < -0.39 is 47.5 Å². The zero-order valence-corrected chi connectivity index (χ0v) is 26.7. The summed E-state index contributed by atoms with van der Waals surface area (Å²) in [6.07, 6.45) is 12.6. The number of carbonyl (C=O) groups excluding carboxylic acids is 3. The molecule has 4 unspecified atom stereocenters. The number of methoxy groups -OCH3 is 1. The first-order valence-corrected chi connectivity index (χ1v) is 14.1. The lowest BCUT2D eigenvalue weighted by Crippen LogP contribution is -2.52. The summed E-state index contributed by atoms with van der Waals surface area (Å²) in [5, 5.41) is 25.2. The molecule has 0 radical (unpaired) electrons. The number of allylic oxidation sites excluding steroid dienone is 5. The first-order valence-electron chi connectivity index (χ1n) is 13.7. The maximum atomic E-state index is 12.9. The Morgan fingerprint density at radius 3 is 2.19 bits per heavy atom. The third-order valence-electron chi connectivity index (χ3n) is 5.93. The van der Waals surface area contributed by atoms with Gasteiger partial charge in [0.05, 0.1) is 13.2 Å². The van der Waals surface area contributed by atoms with Crippen LogP contribution in [0.3, 0.4) is 0 Å². The third kappa shape index (κ3) is 18.3. The number of nitrogens with one attached hydrogen (secondary N) is 2. The Hall–Kier alpha value is -3.83. The van der Waals surface area contributed by atoms with E-state index >= 15 is 0 Å². The van der Waals surface area contributed by atoms with Gasteiger partial charge in [0.1, 0.15) is 12.1 Å². The molecule has 0 aromatic rings. The molecule has 0 bridgehead atoms. The van der Waals surface area contributed by atoms with Crippen LogP contribution in [0.5, 0.6) is 0 Å². The van der Waals surface area contributed by atoms with Crippen LogP contribution < -0.4 is 16.4 Å². The van der Waals surface area contributed by atoms with Gasteiger partial charge in [-0.3, -0.25) is 9.59 Å². The Balaban J connectivity index is 5.13. The Bertz CT molecular complexity index is 1130. The molecule has 0 saturated carbocycles. The van der Waals surface area contributed by atoms with E-state index in [9.17, 15) is 24.3 Å². The Labute approximate surface area is 259 Å². The summed E-state index contributed by atoms with van der Waals surface area (Å²) < 4.78 is 9.80. The fourth-order valence-corrected chi connectivity index (χ4v) is 3.68. The zero-order valence-electron chi connectivity index (χ0n) is 25.9. The number of halogens is 1. The Morgan fingerprint density at radius 1 is 1.02 bits per heavy atom. The van der Waals surface area contributed by atoms with Crippen molar-refractivity contribution in [3.63, 3.8) is 0 Å². The summed E-state index contributed by atoms with van der Waals surface area (Å²) >= 11 is 5.83. The summed E-state index contributed by atoms with van der Waals surface area (Å²) in [5.41, 5.74) is 5.33. The van der Waals surface area contributed by atoms with Crippen molar-refractivity contribution in [3.05, 3.63) is 71.2 Å². The minimum absolute atomic E-state index is 0.110. The summed E-state index contributed by atoms with van der Waals surface area (Å²) in [5.74, 6) is -2.60. The molecule has 0 aliphatic heterocycles. The van der Waals surface area contributed by atoms with Gasteiger partial charge in [-0.2, -0.15) is 0 Å². The molecule has 0 fully saturated rings. The fourth-order valence-electron chi connectivity index (χ4n) is 3.59. The highest BCUT2D eigenvalue weighted by Crippen LogP contribution is 2.20. The first-order chi connectivity index (χ1) is 20.0. The van der Waals surface area contributed by atoms with Gasteiger partial charge in [0.2, 0.25) is 11.8 Å². The Morgan fingerprint density at radius 2 is 1.65 bits per heavy atom. The SMILES string of the molecule is CO/C(=C/CC(O)C(C)/C=C(C)/C=C\C=C/C(=O)NC(C(=O)N/C=C\CC(C/C=C(\C)Cl)OC(N)=O)C(C)(C)C)C(=O)O. The number of aliphatic hydroxyl groups excluding tert-OH is 1. The molecule has 6 N–H and O–H groups in total. The van der Waals surface area contributed by atoms with E-state index in [1.165, 1.54) is 31.5 Å². The lowest BCUT2D eigenvalue weighted by atomic mass is 9.86. The van der Waals surface area contributed by atoms with Gasteiger partial charge in [-0.05, 0) is 38.0 Å². The van der Waals surface area contributed by atoms with Crippen molar-refractivity contribution in [2.75, 3.05) is 7.11 Å². The van der Waals surface area contributed by atoms with E-state index in [1.54, 1.807) is 38.2 Å². The molecule has 11 nitrogen and oxygen atoms in total. The van der Waals surface area contributed by atoms with Crippen LogP contribution in [-0.4, -0.2) is 59.4 Å². The summed E-state index contributed by atoms with van der Waals surface area (Å²) in [7, 11) is 1.25. The highest BCUT2D eigenvalue weighted by molar-refractivity contribution is 6.29. The number of ether oxygens (including phenoxy) is 2. The molecular formula is C31H46ClN3O8. The van der Waals surface area contributed by atoms with Crippen LogP contribution in [0.2, 0.25) is 0 Å². The van der Waals surface area contributed by atoms with Gasteiger partial charge in [-0.15, -0.1) is 0 Å². The molecule has 12 heteroatoms. The van der Waals surface area contributed by atoms with E-state index in [-0.39, 0.29) is 24.5 Å². The molecule has 43 heavy (non-hydrogen) atoms. The minimum atomic E-state index is -1.20. The zero-order chi connectivity index (χ0) is 33.2. The summed E-state index contributed by atoms with van der Waals surface area (Å²) in [4.78, 5) is 47.5. The van der Waals surface area contributed by atoms with E-state index in [0.717, 1.165) is 5.57 Å². The summed E-state index contributed by atoms with van der Waals surface area (Å²) in [6, 6.07) is -0.851. The lowest BCUT2D eigenvalue weighted by Gasteiger charge is -2.29. The molecule has 3 amide bonds. The van der Waals surface area contributed by atoms with Crippen molar-refractivity contribution in [1.82, 2.24) is 10.6 Å². The molecule has 0 aromatic carbocycles. The van der Waals surface area contributed by atoms with Crippen molar-refractivity contribution in [2.45, 2.75) is 79.1 Å². The van der Waals surface area contributed by atoms with Crippen LogP contribution >= 0.6 is 11.6 Å². The van der Waals surface area contributed by atoms with Crippen LogP contribution in [0.25, 0.3) is 0 Å². The minimum Gasteiger partial charge on any atom is -0.490 e. The number of carboxylic acids is 1. The van der Waals surface area contributed by atoms with Gasteiger partial charge >= 0.3 is 12.1 Å². The molecule has 0 aliphatic rings. The van der Waals surface area contributed by atoms with Crippen LogP contribution in [0.4, 0.5) is 4.79 Å². The smallest absolute Gasteiger partial charge is 0.404 e. The molecule has 240 valence electrons. The number of primary amides is 1. The predicted molar refractivity (Wildman–Crippen MR) is 167 cm³/mol. The number of hydrogen-bond acceptors (Lipinski definition) is 7. The second-order valence-electron chi connectivity index (χ2n) is 10.9. The number of aliphatic hydroxyl groups is 1. The van der Waals surface area contributed by atoms with Gasteiger partial charge in [-0.25, -0.2) is 9.59 Å². The van der Waals surface area contributed by atoms with Crippen LogP contribution in [0, 0.1) is 11.3 Å². The Kier molecular flexibility index (Phi) is 18.3. The molecule has 4 atom stereocenters. The number of carbonyl (C=O) groups is 4. The molecule has 0 rings (SSSR count). The van der Waals surface area contributed by atoms with Gasteiger partial charge < -0.3 is 36.1 Å². The van der Waals surface area contributed by atoms with Gasteiger partial charge in [-0.1, -0.05) is 81.3 Å². The molecular weight excluding hydrogens is 578 g/mol. The van der Waals surface area contributed by atoms with Crippen molar-refractivity contribution in [1.29, 1.82) is 0 Å². The highest BCUT2D eigenvalue weighted by atomic mass is 35.5. The maximum Gasteiger partial charge on any atom is 0.404 e. The van der Waals surface area contributed by atoms with Crippen LogP contribution in [-0.2, 0) is 23.9 Å². The number of rotatable bonds is 17. The number of hydrogen-bond donors (Lipinski definition) is 5. The van der Waals surface area contributed by atoms with E-state index in [1.807, 2.05) is 33.8 Å². The molecule has 0 aromatic heterocycles. The number of amides is 3. The van der Waals surface area contributed by atoms with Crippen LogP contribution in [0.15, 0.2) is 71.2 Å². The largest absolute Gasteiger partial charge is 0.490 e. The van der Waals surface area contributed by atoms with E-state index in [2.05, 4.69) is 10.6 Å². The van der Waals surface area contributed by atoms with Gasteiger partial charge in [0.15, 0.2) is 5.76 Å². The van der Waals surface area contributed by atoms with E-state index in [0.29, 0.717) is 11.5 Å².